The predicted molar refractivity (Wildman–Crippen MR) is 66.8 cm³/mol. The second-order valence-corrected chi connectivity index (χ2v) is 4.81. The molecular weight excluding hydrogens is 220 g/mol. The molecule has 0 aromatic heterocycles. The zero-order chi connectivity index (χ0) is 13.0. The van der Waals surface area contributed by atoms with Crippen molar-refractivity contribution >= 4 is 0 Å². The van der Waals surface area contributed by atoms with Gasteiger partial charge in [0.25, 0.3) is 0 Å². The highest BCUT2D eigenvalue weighted by atomic mass is 19.2. The van der Waals surface area contributed by atoms with Crippen LogP contribution in [0.3, 0.4) is 0 Å². The van der Waals surface area contributed by atoms with E-state index in [0.29, 0.717) is 11.8 Å². The number of benzene rings is 1. The van der Waals surface area contributed by atoms with Crippen molar-refractivity contribution in [2.45, 2.75) is 33.7 Å². The summed E-state index contributed by atoms with van der Waals surface area (Å²) in [6.07, 6.45) is 0. The molecule has 0 aliphatic carbocycles. The molecule has 3 heteroatoms. The Bertz CT molecular complexity index is 363. The summed E-state index contributed by atoms with van der Waals surface area (Å²) < 4.78 is 26.2. The van der Waals surface area contributed by atoms with Crippen molar-refractivity contribution in [2.75, 3.05) is 6.54 Å². The maximum Gasteiger partial charge on any atom is 0.159 e. The molecule has 1 aromatic rings. The summed E-state index contributed by atoms with van der Waals surface area (Å²) in [5.74, 6) is -0.727. The third-order valence-electron chi connectivity index (χ3n) is 3.30. The average Bonchev–Trinajstić information content (AvgIpc) is 2.29. The molecule has 2 unspecified atom stereocenters. The molecule has 0 heterocycles. The largest absolute Gasteiger partial charge is 0.310 e. The summed E-state index contributed by atoms with van der Waals surface area (Å²) in [5.41, 5.74) is 0.812. The van der Waals surface area contributed by atoms with Crippen LogP contribution in [0.1, 0.15) is 39.3 Å². The highest BCUT2D eigenvalue weighted by Crippen LogP contribution is 2.28. The van der Waals surface area contributed by atoms with Gasteiger partial charge in [-0.2, -0.15) is 0 Å². The lowest BCUT2D eigenvalue weighted by atomic mass is 9.86. The topological polar surface area (TPSA) is 12.0 Å². The van der Waals surface area contributed by atoms with Crippen molar-refractivity contribution in [1.29, 1.82) is 0 Å². The lowest BCUT2D eigenvalue weighted by Crippen LogP contribution is -2.29. The Labute approximate surface area is 102 Å². The molecule has 1 rings (SSSR count). The van der Waals surface area contributed by atoms with E-state index in [1.165, 1.54) is 12.1 Å². The van der Waals surface area contributed by atoms with Crippen LogP contribution in [0.15, 0.2) is 18.2 Å². The summed E-state index contributed by atoms with van der Waals surface area (Å²) in [6.45, 7) is 9.21. The van der Waals surface area contributed by atoms with Gasteiger partial charge in [0.1, 0.15) is 0 Å². The minimum Gasteiger partial charge on any atom is -0.310 e. The summed E-state index contributed by atoms with van der Waals surface area (Å²) in [7, 11) is 0. The normalized spacial score (nSPS) is 15.0. The van der Waals surface area contributed by atoms with Crippen LogP contribution in [0.5, 0.6) is 0 Å². The van der Waals surface area contributed by atoms with Crippen molar-refractivity contribution in [3.8, 4) is 0 Å². The van der Waals surface area contributed by atoms with Crippen molar-refractivity contribution in [1.82, 2.24) is 5.32 Å². The lowest BCUT2D eigenvalue weighted by molar-refractivity contribution is 0.306. The van der Waals surface area contributed by atoms with Gasteiger partial charge in [-0.05, 0) is 36.1 Å². The molecular formula is C14H21F2N. The Morgan fingerprint density at radius 3 is 2.24 bits per heavy atom. The third kappa shape index (κ3) is 3.50. The highest BCUT2D eigenvalue weighted by Gasteiger charge is 2.22. The van der Waals surface area contributed by atoms with Crippen LogP contribution < -0.4 is 5.32 Å². The van der Waals surface area contributed by atoms with Crippen LogP contribution in [0.2, 0.25) is 0 Å². The van der Waals surface area contributed by atoms with Gasteiger partial charge >= 0.3 is 0 Å². The van der Waals surface area contributed by atoms with E-state index in [9.17, 15) is 8.78 Å². The molecule has 0 fully saturated rings. The van der Waals surface area contributed by atoms with Gasteiger partial charge in [0.05, 0.1) is 0 Å². The SMILES string of the molecule is CCNC(c1ccc(F)c(F)c1)C(C)C(C)C. The fourth-order valence-corrected chi connectivity index (χ4v) is 1.92. The summed E-state index contributed by atoms with van der Waals surface area (Å²) >= 11 is 0. The van der Waals surface area contributed by atoms with Crippen LogP contribution in [-0.4, -0.2) is 6.54 Å². The number of halogens is 2. The average molecular weight is 241 g/mol. The van der Waals surface area contributed by atoms with Gasteiger partial charge in [-0.25, -0.2) is 8.78 Å². The molecule has 0 saturated carbocycles. The van der Waals surface area contributed by atoms with Crippen LogP contribution in [0.4, 0.5) is 8.78 Å². The third-order valence-corrected chi connectivity index (χ3v) is 3.30. The molecule has 1 nitrogen and oxygen atoms in total. The molecule has 0 spiro atoms. The number of nitrogens with one attached hydrogen (secondary N) is 1. The Hall–Kier alpha value is -0.960. The first kappa shape index (κ1) is 14.1. The van der Waals surface area contributed by atoms with Crippen LogP contribution in [0, 0.1) is 23.5 Å². The summed E-state index contributed by atoms with van der Waals surface area (Å²) in [6, 6.07) is 4.21. The first-order chi connectivity index (χ1) is 7.97. The number of rotatable bonds is 5. The van der Waals surface area contributed by atoms with E-state index in [1.807, 2.05) is 6.92 Å². The van der Waals surface area contributed by atoms with Crippen LogP contribution >= 0.6 is 0 Å². The van der Waals surface area contributed by atoms with Crippen molar-refractivity contribution in [2.24, 2.45) is 11.8 Å². The van der Waals surface area contributed by atoms with Crippen molar-refractivity contribution in [3.63, 3.8) is 0 Å². The standard InChI is InChI=1S/C14H21F2N/c1-5-17-14(10(4)9(2)3)11-6-7-12(15)13(16)8-11/h6-10,14,17H,5H2,1-4H3. The monoisotopic (exact) mass is 241 g/mol. The summed E-state index contributed by atoms with van der Waals surface area (Å²) in [5, 5.41) is 3.34. The van der Waals surface area contributed by atoms with Crippen molar-refractivity contribution < 1.29 is 8.78 Å². The smallest absolute Gasteiger partial charge is 0.159 e. The second kappa shape index (κ2) is 6.10. The molecule has 0 radical (unpaired) electrons. The molecule has 96 valence electrons. The fraction of sp³-hybridized carbons (Fsp3) is 0.571. The lowest BCUT2D eigenvalue weighted by Gasteiger charge is -2.28. The van der Waals surface area contributed by atoms with E-state index < -0.39 is 11.6 Å². The molecule has 0 bridgehead atoms. The quantitative estimate of drug-likeness (QED) is 0.824. The highest BCUT2D eigenvalue weighted by molar-refractivity contribution is 5.22. The van der Waals surface area contributed by atoms with Gasteiger partial charge < -0.3 is 5.32 Å². The van der Waals surface area contributed by atoms with E-state index >= 15 is 0 Å². The Balaban J connectivity index is 3.00. The van der Waals surface area contributed by atoms with Gasteiger partial charge in [0.2, 0.25) is 0 Å². The maximum absolute atomic E-state index is 13.2. The van der Waals surface area contributed by atoms with Gasteiger partial charge in [-0.3, -0.25) is 0 Å². The molecule has 0 saturated heterocycles. The van der Waals surface area contributed by atoms with E-state index in [-0.39, 0.29) is 6.04 Å². The van der Waals surface area contributed by atoms with E-state index in [1.54, 1.807) is 6.07 Å². The van der Waals surface area contributed by atoms with Crippen molar-refractivity contribution in [3.05, 3.63) is 35.4 Å². The Kier molecular flexibility index (Phi) is 5.06. The number of hydrogen-bond donors (Lipinski definition) is 1. The molecule has 0 aliphatic rings. The zero-order valence-corrected chi connectivity index (χ0v) is 10.9. The minimum absolute atomic E-state index is 0.0649. The van der Waals surface area contributed by atoms with Crippen LogP contribution in [-0.2, 0) is 0 Å². The van der Waals surface area contributed by atoms with E-state index in [4.69, 9.17) is 0 Å². The molecule has 0 amide bonds. The molecule has 0 aliphatic heterocycles. The molecule has 1 N–H and O–H groups in total. The van der Waals surface area contributed by atoms with Gasteiger partial charge in [0.15, 0.2) is 11.6 Å². The van der Waals surface area contributed by atoms with Gasteiger partial charge in [-0.1, -0.05) is 33.8 Å². The Morgan fingerprint density at radius 1 is 1.12 bits per heavy atom. The summed E-state index contributed by atoms with van der Waals surface area (Å²) in [4.78, 5) is 0. The van der Waals surface area contributed by atoms with Gasteiger partial charge in [-0.15, -0.1) is 0 Å². The van der Waals surface area contributed by atoms with E-state index in [0.717, 1.165) is 12.1 Å². The molecule has 17 heavy (non-hydrogen) atoms. The maximum atomic E-state index is 13.2. The first-order valence-corrected chi connectivity index (χ1v) is 6.15. The minimum atomic E-state index is -0.791. The van der Waals surface area contributed by atoms with E-state index in [2.05, 4.69) is 26.1 Å². The fourth-order valence-electron chi connectivity index (χ4n) is 1.92. The van der Waals surface area contributed by atoms with Crippen LogP contribution in [0.25, 0.3) is 0 Å². The molecule has 1 aromatic carbocycles. The molecule has 2 atom stereocenters. The number of hydrogen-bond acceptors (Lipinski definition) is 1. The second-order valence-electron chi connectivity index (χ2n) is 4.81. The Morgan fingerprint density at radius 2 is 1.76 bits per heavy atom. The predicted octanol–water partition coefficient (Wildman–Crippen LogP) is 3.91. The zero-order valence-electron chi connectivity index (χ0n) is 10.9. The first-order valence-electron chi connectivity index (χ1n) is 6.15. The van der Waals surface area contributed by atoms with Gasteiger partial charge in [0, 0.05) is 6.04 Å².